The summed E-state index contributed by atoms with van der Waals surface area (Å²) in [6.07, 6.45) is 0.768. The van der Waals surface area contributed by atoms with E-state index in [4.69, 9.17) is 2.74 Å². The van der Waals surface area contributed by atoms with E-state index in [-0.39, 0.29) is 73.6 Å². The predicted molar refractivity (Wildman–Crippen MR) is 450 cm³/mol. The molecule has 1 aromatic heterocycles. The fraction of sp³-hybridized carbons (Fsp3) is 0.184. The van der Waals surface area contributed by atoms with Crippen LogP contribution in [-0.4, -0.2) is 4.57 Å². The Labute approximate surface area is 638 Å². The minimum Gasteiger partial charge on any atom is -0.309 e. The summed E-state index contributed by atoms with van der Waals surface area (Å²) in [4.78, 5) is 5.17. The van der Waals surface area contributed by atoms with Crippen LogP contribution in [0.4, 0.5) is 34.1 Å². The van der Waals surface area contributed by atoms with E-state index in [1.54, 1.807) is 4.57 Å². The third-order valence-electron chi connectivity index (χ3n) is 22.6. The van der Waals surface area contributed by atoms with Gasteiger partial charge in [0, 0.05) is 56.1 Å². The number of para-hydroxylation sites is 2. The number of nitrogens with zero attached hydrogens (tertiary/aromatic N) is 3. The van der Waals surface area contributed by atoms with Gasteiger partial charge in [-0.25, -0.2) is 0 Å². The van der Waals surface area contributed by atoms with E-state index in [0.717, 1.165) is 124 Å². The summed E-state index contributed by atoms with van der Waals surface area (Å²) in [5, 5.41) is 0.0292. The molecule has 0 bridgehead atoms. The number of rotatable bonds is 9. The lowest BCUT2D eigenvalue weighted by atomic mass is 9.71. The average molecular weight is 1380 g/mol. The van der Waals surface area contributed by atoms with Crippen molar-refractivity contribution < 1.29 is 11.0 Å². The molecule has 2 aliphatic heterocycles. The van der Waals surface area contributed by atoms with Crippen LogP contribution in [-0.2, 0) is 28.1 Å². The van der Waals surface area contributed by atoms with Crippen molar-refractivity contribution in [2.45, 2.75) is 123 Å². The van der Waals surface area contributed by atoms with Crippen molar-refractivity contribution in [1.29, 1.82) is 0 Å². The van der Waals surface area contributed by atoms with E-state index in [1.165, 1.54) is 38.9 Å². The van der Waals surface area contributed by atoms with Crippen molar-refractivity contribution in [1.82, 2.24) is 4.57 Å². The van der Waals surface area contributed by atoms with Gasteiger partial charge in [0.15, 0.2) is 0 Å². The Kier molecular flexibility index (Phi) is 13.7. The largest absolute Gasteiger partial charge is 0.309 e. The normalized spacial score (nSPS) is 15.3. The Morgan fingerprint density at radius 3 is 1.08 bits per heavy atom. The van der Waals surface area contributed by atoms with Crippen LogP contribution in [0.3, 0.4) is 0 Å². The Balaban J connectivity index is 1.08. The molecule has 0 fully saturated rings. The molecule has 15 aromatic rings. The van der Waals surface area contributed by atoms with E-state index in [2.05, 4.69) is 348 Å². The van der Waals surface area contributed by atoms with Crippen LogP contribution in [0.15, 0.2) is 309 Å². The molecule has 3 heteroatoms. The second kappa shape index (κ2) is 25.1. The van der Waals surface area contributed by atoms with E-state index in [1.807, 2.05) is 6.07 Å². The van der Waals surface area contributed by atoms with Gasteiger partial charge in [0.1, 0.15) is 0 Å². The van der Waals surface area contributed by atoms with Crippen LogP contribution in [0.2, 0.25) is 0 Å². The SMILES string of the molecule is [2H]c1c([2H])c([2H])c2c(c1[2H])c1c([2H])c([2H])c([2H])c([2H])c1n2-c1ccc2c(c1)N(c1c(-c3ccccc3)cc(C(C)(C)C)cc1-c1ccccc1)c1cc(C3c4ccccc4Cc4ccccc43)cc3c1C2c1ccc(-c2cc(C(C)(C)C)cc(C(C)(C)C)c2)cc1N3c1c(-c2ccccc2)cc(C(C)(C)C)cc1-c1ccccc1. The zero-order chi connectivity index (χ0) is 79.7. The lowest BCUT2D eigenvalue weighted by Crippen LogP contribution is -2.31. The molecule has 0 saturated carbocycles. The van der Waals surface area contributed by atoms with Crippen molar-refractivity contribution >= 4 is 55.9 Å². The highest BCUT2D eigenvalue weighted by Crippen LogP contribution is 2.66. The zero-order valence-corrected chi connectivity index (χ0v) is 62.5. The molecule has 3 nitrogen and oxygen atoms in total. The molecule has 518 valence electrons. The van der Waals surface area contributed by atoms with Crippen molar-refractivity contribution in [3.63, 3.8) is 0 Å². The molecular weight excluding hydrogens is 1280 g/mol. The smallest absolute Gasteiger partial charge is 0.0645 e. The maximum absolute atomic E-state index is 9.96. The van der Waals surface area contributed by atoms with Gasteiger partial charge in [0.05, 0.1) is 56.1 Å². The monoisotopic (exact) mass is 1380 g/mol. The van der Waals surface area contributed by atoms with Crippen molar-refractivity contribution in [2.24, 2.45) is 0 Å². The van der Waals surface area contributed by atoms with E-state index in [0.29, 0.717) is 5.69 Å². The van der Waals surface area contributed by atoms with E-state index < -0.39 is 30.1 Å². The summed E-state index contributed by atoms with van der Waals surface area (Å²) in [7, 11) is 0. The molecule has 0 spiro atoms. The predicted octanol–water partition coefficient (Wildman–Crippen LogP) is 28.1. The number of hydrogen-bond donors (Lipinski definition) is 0. The second-order valence-electron chi connectivity index (χ2n) is 33.5. The Morgan fingerprint density at radius 2 is 0.670 bits per heavy atom. The summed E-state index contributed by atoms with van der Waals surface area (Å²) >= 11 is 0. The fourth-order valence-electron chi connectivity index (χ4n) is 17.0. The van der Waals surface area contributed by atoms with Gasteiger partial charge < -0.3 is 14.4 Å². The van der Waals surface area contributed by atoms with Crippen LogP contribution in [0, 0.1) is 0 Å². The van der Waals surface area contributed by atoms with Gasteiger partial charge in [-0.15, -0.1) is 0 Å². The van der Waals surface area contributed by atoms with Crippen LogP contribution < -0.4 is 9.80 Å². The highest BCUT2D eigenvalue weighted by molar-refractivity contribution is 6.11. The first kappa shape index (κ1) is 57.8. The lowest BCUT2D eigenvalue weighted by molar-refractivity contribution is 0.569. The van der Waals surface area contributed by atoms with Gasteiger partial charge in [-0.05, 0) is 189 Å². The molecule has 0 N–H and O–H groups in total. The van der Waals surface area contributed by atoms with Crippen molar-refractivity contribution in [2.75, 3.05) is 9.80 Å². The number of benzene rings is 14. The number of fused-ring (bicyclic) bond motifs is 9. The maximum Gasteiger partial charge on any atom is 0.0645 e. The van der Waals surface area contributed by atoms with Crippen molar-refractivity contribution in [3.05, 3.63) is 376 Å². The number of aromatic nitrogens is 1. The Bertz CT molecular complexity index is 6200. The molecule has 18 rings (SSSR count). The van der Waals surface area contributed by atoms with E-state index >= 15 is 0 Å². The standard InChI is InChI=1S/C103H91N3/c1-100(2,3)74-54-72(55-75(59-74)101(4,5)6)69-49-51-83-91(56-69)105(98-85(65-33-17-13-18-34-65)60-76(102(7,8)9)61-86(98)66-35-19-14-20-36-66)93-57-73(95-79-43-27-25-41-70(79)53-71-42-26-28-44-80(71)95)58-94-97(93)96(83)84-52-50-78(104-89-47-31-29-45-81(89)82-46-30-32-48-90(82)104)64-92(84)106(94)99-87(67-37-21-15-22-38-67)62-77(103(10,11)12)63-88(99)68-39-23-16-24-40-68/h13-52,54-64,95-96H,53H2,1-12H3/i29D,30D,31D,32D,45D,46D,47D,48D. The number of anilines is 6. The molecule has 3 aliphatic rings. The Hall–Kier alpha value is -11.5. The third-order valence-corrected chi connectivity index (χ3v) is 22.6. The first-order valence-corrected chi connectivity index (χ1v) is 37.4. The summed E-state index contributed by atoms with van der Waals surface area (Å²) in [5.41, 5.74) is 29.4. The molecule has 0 amide bonds. The topological polar surface area (TPSA) is 11.4 Å². The minimum atomic E-state index is -0.516. The molecule has 14 aromatic carbocycles. The molecule has 106 heavy (non-hydrogen) atoms. The molecule has 1 unspecified atom stereocenters. The van der Waals surface area contributed by atoms with Crippen LogP contribution in [0.1, 0.15) is 173 Å². The first-order valence-electron chi connectivity index (χ1n) is 41.4. The van der Waals surface area contributed by atoms with Gasteiger partial charge in [-0.3, -0.25) is 0 Å². The summed E-state index contributed by atoms with van der Waals surface area (Å²) in [6.45, 7) is 27.6. The van der Waals surface area contributed by atoms with Gasteiger partial charge in [-0.1, -0.05) is 326 Å². The summed E-state index contributed by atoms with van der Waals surface area (Å²) in [5.74, 6) is -0.802. The van der Waals surface area contributed by atoms with Crippen LogP contribution in [0.25, 0.3) is 83.1 Å². The molecule has 0 saturated heterocycles. The number of hydrogen-bond acceptors (Lipinski definition) is 2. The van der Waals surface area contributed by atoms with Crippen LogP contribution in [0.5, 0.6) is 0 Å². The summed E-state index contributed by atoms with van der Waals surface area (Å²) < 4.78 is 78.1. The van der Waals surface area contributed by atoms with Gasteiger partial charge in [0.25, 0.3) is 0 Å². The molecule has 1 atom stereocenters. The maximum atomic E-state index is 9.96. The molecular formula is C103H91N3. The highest BCUT2D eigenvalue weighted by Gasteiger charge is 2.45. The van der Waals surface area contributed by atoms with Crippen LogP contribution >= 0.6 is 0 Å². The molecule has 1 aliphatic carbocycles. The average Bonchev–Trinajstić information content (AvgIpc) is 0.874. The lowest BCUT2D eigenvalue weighted by Gasteiger charge is -2.47. The summed E-state index contributed by atoms with van der Waals surface area (Å²) in [6, 6.07) is 93.2. The van der Waals surface area contributed by atoms with Crippen molar-refractivity contribution in [3.8, 4) is 61.3 Å². The quantitative estimate of drug-likeness (QED) is 0.143. The minimum absolute atomic E-state index is 0.0146. The van der Waals surface area contributed by atoms with Gasteiger partial charge >= 0.3 is 0 Å². The van der Waals surface area contributed by atoms with Gasteiger partial charge in [-0.2, -0.15) is 0 Å². The van der Waals surface area contributed by atoms with E-state index in [9.17, 15) is 8.22 Å². The second-order valence-corrected chi connectivity index (χ2v) is 33.5. The first-order chi connectivity index (χ1) is 54.4. The Morgan fingerprint density at radius 1 is 0.302 bits per heavy atom. The zero-order valence-electron chi connectivity index (χ0n) is 70.5. The molecule has 0 radical (unpaired) electrons. The third kappa shape index (κ3) is 11.2. The fourth-order valence-corrected chi connectivity index (χ4v) is 17.0. The van der Waals surface area contributed by atoms with Gasteiger partial charge in [0.2, 0.25) is 0 Å². The highest BCUT2D eigenvalue weighted by atomic mass is 15.2. The molecule has 3 heterocycles.